The Morgan fingerprint density at radius 1 is 1.29 bits per heavy atom. The number of benzene rings is 1. The maximum Gasteiger partial charge on any atom is 0.271 e. The molecule has 3 rings (SSSR count). The minimum absolute atomic E-state index is 0.167. The Kier molecular flexibility index (Phi) is 2.18. The molecule has 1 saturated carbocycles. The number of nitrogens with zero attached hydrogens (tertiary/aromatic N) is 2. The first-order valence-corrected chi connectivity index (χ1v) is 5.72. The third-order valence-corrected chi connectivity index (χ3v) is 3.23. The molecule has 1 aliphatic rings. The molecule has 0 aliphatic heterocycles. The van der Waals surface area contributed by atoms with Crippen molar-refractivity contribution in [1.82, 2.24) is 9.36 Å². The number of hydrogen-bond acceptors (Lipinski definition) is 1. The zero-order valence-electron chi connectivity index (χ0n) is 9.56. The maximum absolute atomic E-state index is 13.7. The molecule has 0 N–H and O–H groups in total. The summed E-state index contributed by atoms with van der Waals surface area (Å²) in [5, 5.41) is 0. The Morgan fingerprint density at radius 3 is 2.65 bits per heavy atom. The Morgan fingerprint density at radius 2 is 2.00 bits per heavy atom. The molecule has 1 heterocycles. The number of para-hydroxylation sites is 1. The van der Waals surface area contributed by atoms with Gasteiger partial charge in [0.15, 0.2) is 0 Å². The van der Waals surface area contributed by atoms with Crippen LogP contribution in [0.5, 0.6) is 0 Å². The van der Waals surface area contributed by atoms with Gasteiger partial charge in [-0.15, -0.1) is 0 Å². The average molecular weight is 232 g/mol. The zero-order valence-corrected chi connectivity index (χ0v) is 9.56. The normalized spacial score (nSPS) is 15.2. The van der Waals surface area contributed by atoms with E-state index in [-0.39, 0.29) is 11.4 Å². The van der Waals surface area contributed by atoms with Crippen LogP contribution >= 0.6 is 0 Å². The lowest BCUT2D eigenvalue weighted by atomic mass is 10.3. The number of hydrogen-bond donors (Lipinski definition) is 0. The zero-order chi connectivity index (χ0) is 12.0. The van der Waals surface area contributed by atoms with E-state index in [1.807, 2.05) is 7.05 Å². The minimum atomic E-state index is -0.377. The summed E-state index contributed by atoms with van der Waals surface area (Å²) < 4.78 is 16.8. The lowest BCUT2D eigenvalue weighted by molar-refractivity contribution is 0.564. The van der Waals surface area contributed by atoms with E-state index in [4.69, 9.17) is 0 Å². The molecule has 1 fully saturated rings. The highest BCUT2D eigenvalue weighted by Crippen LogP contribution is 2.39. The van der Waals surface area contributed by atoms with Crippen LogP contribution in [0.2, 0.25) is 0 Å². The highest BCUT2D eigenvalue weighted by atomic mass is 19.1. The molecule has 1 aromatic carbocycles. The van der Waals surface area contributed by atoms with E-state index < -0.39 is 0 Å². The molecule has 0 atom stereocenters. The Hall–Kier alpha value is -1.84. The van der Waals surface area contributed by atoms with Crippen molar-refractivity contribution >= 4 is 0 Å². The lowest BCUT2D eigenvalue weighted by Crippen LogP contribution is -2.20. The van der Waals surface area contributed by atoms with Crippen LogP contribution in [0.4, 0.5) is 4.39 Å². The highest BCUT2D eigenvalue weighted by Gasteiger charge is 2.28. The molecule has 0 bridgehead atoms. The summed E-state index contributed by atoms with van der Waals surface area (Å²) in [6.45, 7) is 0. The quantitative estimate of drug-likeness (QED) is 0.779. The second-order valence-corrected chi connectivity index (χ2v) is 4.47. The molecular weight excluding hydrogens is 219 g/mol. The van der Waals surface area contributed by atoms with Gasteiger partial charge < -0.3 is 0 Å². The average Bonchev–Trinajstić information content (AvgIpc) is 3.09. The number of aromatic nitrogens is 2. The molecule has 1 aliphatic carbocycles. The summed E-state index contributed by atoms with van der Waals surface area (Å²) in [5.74, 6) is 0.0962. The van der Waals surface area contributed by atoms with Gasteiger partial charge in [0.05, 0.1) is 0 Å². The second kappa shape index (κ2) is 3.58. The summed E-state index contributed by atoms with van der Waals surface area (Å²) in [6, 6.07) is 7.95. The first-order chi connectivity index (χ1) is 8.18. The van der Waals surface area contributed by atoms with E-state index in [1.54, 1.807) is 28.9 Å². The second-order valence-electron chi connectivity index (χ2n) is 4.47. The Labute approximate surface area is 98.1 Å². The van der Waals surface area contributed by atoms with Crippen LogP contribution in [0.15, 0.2) is 35.1 Å². The van der Waals surface area contributed by atoms with Gasteiger partial charge in [-0.3, -0.25) is 9.48 Å². The lowest BCUT2D eigenvalue weighted by Gasteiger charge is -2.10. The highest BCUT2D eigenvalue weighted by molar-refractivity contribution is 5.33. The fraction of sp³-hybridized carbons (Fsp3) is 0.308. The van der Waals surface area contributed by atoms with E-state index in [9.17, 15) is 9.18 Å². The monoisotopic (exact) mass is 232 g/mol. The van der Waals surface area contributed by atoms with E-state index in [1.165, 1.54) is 10.7 Å². The van der Waals surface area contributed by atoms with Crippen molar-refractivity contribution in [3.63, 3.8) is 0 Å². The molecule has 0 unspecified atom stereocenters. The van der Waals surface area contributed by atoms with Crippen LogP contribution < -0.4 is 5.56 Å². The van der Waals surface area contributed by atoms with Crippen LogP contribution in [0.3, 0.4) is 0 Å². The predicted molar refractivity (Wildman–Crippen MR) is 62.9 cm³/mol. The van der Waals surface area contributed by atoms with Gasteiger partial charge >= 0.3 is 0 Å². The van der Waals surface area contributed by atoms with E-state index in [0.717, 1.165) is 18.5 Å². The van der Waals surface area contributed by atoms with Crippen molar-refractivity contribution < 1.29 is 4.39 Å². The number of rotatable bonds is 2. The number of halogens is 1. The molecule has 0 amide bonds. The summed E-state index contributed by atoms with van der Waals surface area (Å²) in [7, 11) is 1.81. The van der Waals surface area contributed by atoms with E-state index >= 15 is 0 Å². The third-order valence-electron chi connectivity index (χ3n) is 3.23. The summed E-state index contributed by atoms with van der Waals surface area (Å²) >= 11 is 0. The van der Waals surface area contributed by atoms with Crippen LogP contribution in [0.25, 0.3) is 5.69 Å². The molecule has 17 heavy (non-hydrogen) atoms. The Balaban J connectivity index is 2.21. The fourth-order valence-corrected chi connectivity index (χ4v) is 2.21. The van der Waals surface area contributed by atoms with Gasteiger partial charge in [-0.05, 0) is 25.0 Å². The first-order valence-electron chi connectivity index (χ1n) is 5.72. The Bertz CT molecular complexity index is 623. The maximum atomic E-state index is 13.7. The van der Waals surface area contributed by atoms with Gasteiger partial charge in [0.2, 0.25) is 0 Å². The molecular formula is C13H13FN2O. The van der Waals surface area contributed by atoms with Crippen LogP contribution in [0, 0.1) is 5.82 Å². The minimum Gasteiger partial charge on any atom is -0.285 e. The standard InChI is InChI=1S/C13H13FN2O/c1-15-12(9-6-7-9)8-13(17)16(15)11-5-3-2-4-10(11)14/h2-5,8-9H,6-7H2,1H3. The van der Waals surface area contributed by atoms with Gasteiger partial charge in [0, 0.05) is 24.7 Å². The van der Waals surface area contributed by atoms with Crippen molar-refractivity contribution in [3.8, 4) is 5.69 Å². The third kappa shape index (κ3) is 1.60. The molecule has 0 radical (unpaired) electrons. The van der Waals surface area contributed by atoms with Gasteiger partial charge in [-0.1, -0.05) is 12.1 Å². The predicted octanol–water partition coefficient (Wildman–Crippen LogP) is 2.19. The molecule has 88 valence electrons. The summed E-state index contributed by atoms with van der Waals surface area (Å²) in [4.78, 5) is 11.9. The smallest absolute Gasteiger partial charge is 0.271 e. The van der Waals surface area contributed by atoms with Crippen LogP contribution in [-0.4, -0.2) is 9.36 Å². The van der Waals surface area contributed by atoms with Crippen LogP contribution in [0.1, 0.15) is 24.5 Å². The molecule has 0 spiro atoms. The van der Waals surface area contributed by atoms with E-state index in [0.29, 0.717) is 11.6 Å². The summed E-state index contributed by atoms with van der Waals surface area (Å²) in [5.41, 5.74) is 1.14. The van der Waals surface area contributed by atoms with Crippen molar-refractivity contribution in [2.24, 2.45) is 7.05 Å². The van der Waals surface area contributed by atoms with Gasteiger partial charge in [0.1, 0.15) is 11.5 Å². The molecule has 2 aromatic rings. The topological polar surface area (TPSA) is 26.9 Å². The summed E-state index contributed by atoms with van der Waals surface area (Å²) in [6.07, 6.45) is 2.24. The first kappa shape index (κ1) is 10.3. The van der Waals surface area contributed by atoms with E-state index in [2.05, 4.69) is 0 Å². The molecule has 1 aromatic heterocycles. The largest absolute Gasteiger partial charge is 0.285 e. The molecule has 4 heteroatoms. The molecule has 3 nitrogen and oxygen atoms in total. The van der Waals surface area contributed by atoms with Gasteiger partial charge in [-0.25, -0.2) is 9.07 Å². The van der Waals surface area contributed by atoms with Crippen molar-refractivity contribution in [2.75, 3.05) is 0 Å². The molecule has 0 saturated heterocycles. The van der Waals surface area contributed by atoms with Crippen molar-refractivity contribution in [3.05, 3.63) is 52.2 Å². The van der Waals surface area contributed by atoms with Gasteiger partial charge in [0.25, 0.3) is 5.56 Å². The van der Waals surface area contributed by atoms with Crippen LogP contribution in [-0.2, 0) is 7.05 Å². The van der Waals surface area contributed by atoms with Gasteiger partial charge in [-0.2, -0.15) is 0 Å². The SMILES string of the molecule is Cn1c(C2CC2)cc(=O)n1-c1ccccc1F. The fourth-order valence-electron chi connectivity index (χ4n) is 2.21. The van der Waals surface area contributed by atoms with Crippen molar-refractivity contribution in [2.45, 2.75) is 18.8 Å². The van der Waals surface area contributed by atoms with Crippen molar-refractivity contribution in [1.29, 1.82) is 0 Å².